The lowest BCUT2D eigenvalue weighted by atomic mass is 10.1. The van der Waals surface area contributed by atoms with Crippen molar-refractivity contribution in [3.8, 4) is 11.6 Å². The van der Waals surface area contributed by atoms with Crippen molar-refractivity contribution >= 4 is 5.91 Å². The molecule has 0 aliphatic heterocycles. The van der Waals surface area contributed by atoms with Crippen LogP contribution < -0.4 is 4.74 Å². The van der Waals surface area contributed by atoms with E-state index in [2.05, 4.69) is 18.8 Å². The lowest BCUT2D eigenvalue weighted by Crippen LogP contribution is -2.28. The topological polar surface area (TPSA) is 42.4 Å². The number of alkyl halides is 3. The quantitative estimate of drug-likeness (QED) is 0.722. The predicted octanol–water partition coefficient (Wildman–Crippen LogP) is 5.01. The van der Waals surface area contributed by atoms with Gasteiger partial charge in [0, 0.05) is 31.4 Å². The Bertz CT molecular complexity index is 726. The minimum Gasteiger partial charge on any atom is -0.439 e. The molecule has 2 aromatic rings. The van der Waals surface area contributed by atoms with E-state index in [4.69, 9.17) is 4.74 Å². The van der Waals surface area contributed by atoms with Gasteiger partial charge in [0.1, 0.15) is 5.75 Å². The number of carbonyl (C=O) groups excluding carboxylic acids is 1. The molecule has 0 fully saturated rings. The van der Waals surface area contributed by atoms with Gasteiger partial charge in [-0.1, -0.05) is 13.8 Å². The molecule has 7 heteroatoms. The zero-order chi connectivity index (χ0) is 19.3. The van der Waals surface area contributed by atoms with E-state index in [0.29, 0.717) is 23.8 Å². The van der Waals surface area contributed by atoms with Crippen LogP contribution >= 0.6 is 0 Å². The first-order valence-electron chi connectivity index (χ1n) is 8.23. The van der Waals surface area contributed by atoms with Crippen LogP contribution in [0.1, 0.15) is 36.2 Å². The minimum atomic E-state index is -4.44. The molecule has 0 aliphatic rings. The number of nitrogens with zero attached hydrogens (tertiary/aromatic N) is 2. The van der Waals surface area contributed by atoms with Crippen molar-refractivity contribution in [3.05, 3.63) is 53.7 Å². The van der Waals surface area contributed by atoms with Gasteiger partial charge in [-0.3, -0.25) is 4.79 Å². The molecule has 0 spiro atoms. The average Bonchev–Trinajstić information content (AvgIpc) is 2.59. The highest BCUT2D eigenvalue weighted by atomic mass is 19.4. The van der Waals surface area contributed by atoms with Crippen LogP contribution in [0.4, 0.5) is 13.2 Å². The molecule has 0 N–H and O–H groups in total. The second kappa shape index (κ2) is 8.21. The Kier molecular flexibility index (Phi) is 6.23. The number of rotatable bonds is 6. The summed E-state index contributed by atoms with van der Waals surface area (Å²) in [5.74, 6) is 0.854. The largest absolute Gasteiger partial charge is 0.439 e. The summed E-state index contributed by atoms with van der Waals surface area (Å²) in [6, 6.07) is 8.47. The Morgan fingerprint density at radius 1 is 1.15 bits per heavy atom. The fraction of sp³-hybridized carbons (Fsp3) is 0.368. The third-order valence-corrected chi connectivity index (χ3v) is 3.78. The summed E-state index contributed by atoms with van der Waals surface area (Å²) in [5, 5.41) is 0. The van der Waals surface area contributed by atoms with E-state index in [0.717, 1.165) is 24.8 Å². The van der Waals surface area contributed by atoms with Gasteiger partial charge in [-0.25, -0.2) is 4.98 Å². The van der Waals surface area contributed by atoms with Crippen LogP contribution in [0, 0.1) is 5.92 Å². The Morgan fingerprint density at radius 2 is 1.81 bits per heavy atom. The van der Waals surface area contributed by atoms with Gasteiger partial charge in [-0.2, -0.15) is 13.2 Å². The molecule has 0 aliphatic carbocycles. The molecule has 0 bridgehead atoms. The minimum absolute atomic E-state index is 0.0473. The zero-order valence-electron chi connectivity index (χ0n) is 14.9. The summed E-state index contributed by atoms with van der Waals surface area (Å²) < 4.78 is 43.0. The van der Waals surface area contributed by atoms with Gasteiger partial charge in [-0.15, -0.1) is 0 Å². The molecule has 0 unspecified atom stereocenters. The van der Waals surface area contributed by atoms with Crippen LogP contribution in [-0.2, 0) is 6.18 Å². The van der Waals surface area contributed by atoms with Crippen molar-refractivity contribution in [2.75, 3.05) is 13.6 Å². The molecule has 0 radical (unpaired) electrons. The van der Waals surface area contributed by atoms with E-state index in [1.54, 1.807) is 36.2 Å². The van der Waals surface area contributed by atoms with Gasteiger partial charge < -0.3 is 9.64 Å². The molecule has 0 saturated carbocycles. The molecule has 0 saturated heterocycles. The smallest absolute Gasteiger partial charge is 0.417 e. The fourth-order valence-electron chi connectivity index (χ4n) is 2.17. The number of benzene rings is 1. The Morgan fingerprint density at radius 3 is 2.31 bits per heavy atom. The van der Waals surface area contributed by atoms with Crippen molar-refractivity contribution in [2.45, 2.75) is 26.4 Å². The number of carbonyl (C=O) groups is 1. The normalized spacial score (nSPS) is 11.5. The van der Waals surface area contributed by atoms with E-state index < -0.39 is 11.7 Å². The molecule has 1 amide bonds. The number of pyridine rings is 1. The Balaban J connectivity index is 2.00. The van der Waals surface area contributed by atoms with E-state index >= 15 is 0 Å². The van der Waals surface area contributed by atoms with Crippen molar-refractivity contribution in [3.63, 3.8) is 0 Å². The molecule has 2 rings (SSSR count). The number of amides is 1. The van der Waals surface area contributed by atoms with Crippen LogP contribution in [0.15, 0.2) is 42.6 Å². The summed E-state index contributed by atoms with van der Waals surface area (Å²) in [7, 11) is 1.75. The van der Waals surface area contributed by atoms with Crippen molar-refractivity contribution in [1.82, 2.24) is 9.88 Å². The predicted molar refractivity (Wildman–Crippen MR) is 92.2 cm³/mol. The summed E-state index contributed by atoms with van der Waals surface area (Å²) in [6.45, 7) is 4.86. The highest BCUT2D eigenvalue weighted by molar-refractivity contribution is 5.94. The van der Waals surface area contributed by atoms with Gasteiger partial charge in [0.15, 0.2) is 0 Å². The molecule has 1 heterocycles. The standard InChI is InChI=1S/C19H21F3N2O2/c1-13(2)10-11-24(3)18(25)14-4-7-16(8-5-14)26-17-9-6-15(12-23-17)19(20,21)22/h4-9,12-13H,10-11H2,1-3H3. The van der Waals surface area contributed by atoms with Gasteiger partial charge in [0.25, 0.3) is 5.91 Å². The van der Waals surface area contributed by atoms with Crippen LogP contribution in [0.5, 0.6) is 11.6 Å². The Labute approximate surface area is 150 Å². The second-order valence-corrected chi connectivity index (χ2v) is 6.42. The molecule has 140 valence electrons. The highest BCUT2D eigenvalue weighted by Gasteiger charge is 2.30. The number of ether oxygens (including phenoxy) is 1. The first kappa shape index (κ1) is 19.8. The third kappa shape index (κ3) is 5.47. The van der Waals surface area contributed by atoms with Gasteiger partial charge in [-0.05, 0) is 42.7 Å². The van der Waals surface area contributed by atoms with E-state index in [1.165, 1.54) is 0 Å². The molecule has 0 atom stereocenters. The highest BCUT2D eigenvalue weighted by Crippen LogP contribution is 2.30. The molecular weight excluding hydrogens is 345 g/mol. The van der Waals surface area contributed by atoms with Crippen LogP contribution in [0.2, 0.25) is 0 Å². The molecule has 26 heavy (non-hydrogen) atoms. The zero-order valence-corrected chi connectivity index (χ0v) is 14.9. The molecular formula is C19H21F3N2O2. The average molecular weight is 366 g/mol. The van der Waals surface area contributed by atoms with E-state index in [9.17, 15) is 18.0 Å². The molecule has 1 aromatic heterocycles. The lowest BCUT2D eigenvalue weighted by Gasteiger charge is -2.18. The molecule has 1 aromatic carbocycles. The van der Waals surface area contributed by atoms with Crippen molar-refractivity contribution < 1.29 is 22.7 Å². The number of hydrogen-bond donors (Lipinski definition) is 0. The van der Waals surface area contributed by atoms with Crippen LogP contribution in [0.25, 0.3) is 0 Å². The maximum Gasteiger partial charge on any atom is 0.417 e. The van der Waals surface area contributed by atoms with Gasteiger partial charge in [0.2, 0.25) is 5.88 Å². The number of hydrogen-bond acceptors (Lipinski definition) is 3. The third-order valence-electron chi connectivity index (χ3n) is 3.78. The summed E-state index contributed by atoms with van der Waals surface area (Å²) >= 11 is 0. The first-order chi connectivity index (χ1) is 12.2. The van der Waals surface area contributed by atoms with E-state index in [1.807, 2.05) is 0 Å². The lowest BCUT2D eigenvalue weighted by molar-refractivity contribution is -0.137. The first-order valence-corrected chi connectivity index (χ1v) is 8.23. The number of halogens is 3. The van der Waals surface area contributed by atoms with E-state index in [-0.39, 0.29) is 11.8 Å². The SMILES string of the molecule is CC(C)CCN(C)C(=O)c1ccc(Oc2ccc(C(F)(F)F)cn2)cc1. The van der Waals surface area contributed by atoms with Gasteiger partial charge >= 0.3 is 6.18 Å². The molecule has 4 nitrogen and oxygen atoms in total. The van der Waals surface area contributed by atoms with Crippen LogP contribution in [0.3, 0.4) is 0 Å². The van der Waals surface area contributed by atoms with Crippen molar-refractivity contribution in [2.24, 2.45) is 5.92 Å². The summed E-state index contributed by atoms with van der Waals surface area (Å²) in [4.78, 5) is 17.6. The summed E-state index contributed by atoms with van der Waals surface area (Å²) in [5.41, 5.74) is -0.320. The van der Waals surface area contributed by atoms with Crippen LogP contribution in [-0.4, -0.2) is 29.4 Å². The maximum absolute atomic E-state index is 12.5. The fourth-order valence-corrected chi connectivity index (χ4v) is 2.17. The number of aromatic nitrogens is 1. The summed E-state index contributed by atoms with van der Waals surface area (Å²) in [6.07, 6.45) is -2.80. The second-order valence-electron chi connectivity index (χ2n) is 6.42. The monoisotopic (exact) mass is 366 g/mol. The Hall–Kier alpha value is -2.57. The van der Waals surface area contributed by atoms with Crippen molar-refractivity contribution in [1.29, 1.82) is 0 Å². The maximum atomic E-state index is 12.5. The van der Waals surface area contributed by atoms with Gasteiger partial charge in [0.05, 0.1) is 5.56 Å².